The van der Waals surface area contributed by atoms with E-state index in [1.807, 2.05) is 0 Å². The lowest BCUT2D eigenvalue weighted by Gasteiger charge is -2.10. The van der Waals surface area contributed by atoms with E-state index in [0.29, 0.717) is 22.2 Å². The third-order valence-corrected chi connectivity index (χ3v) is 4.01. The van der Waals surface area contributed by atoms with Gasteiger partial charge in [0.2, 0.25) is 5.82 Å². The van der Waals surface area contributed by atoms with Gasteiger partial charge in [-0.3, -0.25) is 15.5 Å². The summed E-state index contributed by atoms with van der Waals surface area (Å²) >= 11 is 0. The van der Waals surface area contributed by atoms with E-state index in [1.165, 1.54) is 12.1 Å². The molecule has 0 unspecified atom stereocenters. The summed E-state index contributed by atoms with van der Waals surface area (Å²) in [4.78, 5) is 17.6. The molecule has 0 radical (unpaired) electrons. The van der Waals surface area contributed by atoms with Gasteiger partial charge in [0.1, 0.15) is 0 Å². The number of nitrogens with zero attached hydrogens (tertiary/aromatic N) is 4. The van der Waals surface area contributed by atoms with Gasteiger partial charge in [0, 0.05) is 22.6 Å². The number of fused-ring (bicyclic) bond motifs is 1. The van der Waals surface area contributed by atoms with E-state index in [-0.39, 0.29) is 17.0 Å². The smallest absolute Gasteiger partial charge is 0.260 e. The summed E-state index contributed by atoms with van der Waals surface area (Å²) in [7, 11) is 0. The maximum absolute atomic E-state index is 13.1. The zero-order valence-corrected chi connectivity index (χ0v) is 14.8. The summed E-state index contributed by atoms with van der Waals surface area (Å²) in [6, 6.07) is 10.8. The number of aryl methyl sites for hydroxylation is 1. The molecule has 3 rings (SSSR count). The molecule has 144 valence electrons. The van der Waals surface area contributed by atoms with Crippen LogP contribution in [0.5, 0.6) is 0 Å². The van der Waals surface area contributed by atoms with E-state index in [1.54, 1.807) is 44.2 Å². The Morgan fingerprint density at radius 1 is 1.18 bits per heavy atom. The molecule has 0 aliphatic rings. The monoisotopic (exact) mass is 389 g/mol. The van der Waals surface area contributed by atoms with Gasteiger partial charge < -0.3 is 0 Å². The van der Waals surface area contributed by atoms with Gasteiger partial charge in [0.05, 0.1) is 16.2 Å². The number of halogens is 3. The highest BCUT2D eigenvalue weighted by atomic mass is 19.4. The molecule has 1 heterocycles. The second-order valence-electron chi connectivity index (χ2n) is 5.98. The molecule has 0 fully saturated rings. The van der Waals surface area contributed by atoms with Crippen LogP contribution in [0.25, 0.3) is 10.9 Å². The maximum Gasteiger partial charge on any atom is 0.451 e. The molecule has 0 aliphatic heterocycles. The van der Waals surface area contributed by atoms with Gasteiger partial charge in [0.25, 0.3) is 5.69 Å². The molecule has 0 saturated heterocycles. The molecule has 7 nitrogen and oxygen atoms in total. The number of nitro benzene ring substituents is 1. The van der Waals surface area contributed by atoms with Crippen LogP contribution in [0.4, 0.5) is 24.7 Å². The summed E-state index contributed by atoms with van der Waals surface area (Å²) in [6.07, 6.45) is -4.71. The van der Waals surface area contributed by atoms with E-state index >= 15 is 0 Å². The summed E-state index contributed by atoms with van der Waals surface area (Å²) in [5.41, 5.74) is 3.87. The third kappa shape index (κ3) is 3.90. The molecule has 10 heteroatoms. The minimum atomic E-state index is -4.71. The molecular weight excluding hydrogens is 375 g/mol. The fourth-order valence-corrected chi connectivity index (χ4v) is 2.52. The van der Waals surface area contributed by atoms with Crippen LogP contribution in [-0.4, -0.2) is 20.6 Å². The van der Waals surface area contributed by atoms with Crippen molar-refractivity contribution in [3.8, 4) is 0 Å². The quantitative estimate of drug-likeness (QED) is 0.397. The molecule has 2 aromatic carbocycles. The first-order chi connectivity index (χ1) is 13.2. The van der Waals surface area contributed by atoms with Crippen LogP contribution < -0.4 is 5.43 Å². The molecular formula is C18H14F3N5O2. The SMILES string of the molecule is C/C(=N/Nc1nc(C(F)(F)F)nc2ccccc12)c1ccc(C)c([N+](=O)[O-])c1. The van der Waals surface area contributed by atoms with Crippen molar-refractivity contribution in [1.82, 2.24) is 9.97 Å². The second kappa shape index (κ2) is 7.22. The van der Waals surface area contributed by atoms with Crippen molar-refractivity contribution in [3.63, 3.8) is 0 Å². The zero-order chi connectivity index (χ0) is 20.5. The number of nitrogens with one attached hydrogen (secondary N) is 1. The molecule has 0 bridgehead atoms. The largest absolute Gasteiger partial charge is 0.451 e. The highest BCUT2D eigenvalue weighted by Gasteiger charge is 2.35. The summed E-state index contributed by atoms with van der Waals surface area (Å²) in [5.74, 6) is -1.40. The van der Waals surface area contributed by atoms with Crippen molar-refractivity contribution in [1.29, 1.82) is 0 Å². The van der Waals surface area contributed by atoms with Gasteiger partial charge in [-0.15, -0.1) is 0 Å². The van der Waals surface area contributed by atoms with Gasteiger partial charge in [-0.05, 0) is 26.0 Å². The van der Waals surface area contributed by atoms with E-state index in [4.69, 9.17) is 0 Å². The van der Waals surface area contributed by atoms with E-state index in [0.717, 1.165) is 0 Å². The van der Waals surface area contributed by atoms with Crippen molar-refractivity contribution in [2.75, 3.05) is 5.43 Å². The van der Waals surface area contributed by atoms with Crippen LogP contribution in [0.1, 0.15) is 23.9 Å². The molecule has 0 atom stereocenters. The number of nitro groups is 1. The molecule has 28 heavy (non-hydrogen) atoms. The van der Waals surface area contributed by atoms with Crippen molar-refractivity contribution in [2.24, 2.45) is 5.10 Å². The second-order valence-corrected chi connectivity index (χ2v) is 5.98. The van der Waals surface area contributed by atoms with Gasteiger partial charge >= 0.3 is 6.18 Å². The minimum Gasteiger partial charge on any atom is -0.260 e. The van der Waals surface area contributed by atoms with E-state index in [2.05, 4.69) is 20.5 Å². The zero-order valence-electron chi connectivity index (χ0n) is 14.8. The average molecular weight is 389 g/mol. The van der Waals surface area contributed by atoms with Crippen molar-refractivity contribution < 1.29 is 18.1 Å². The van der Waals surface area contributed by atoms with Crippen LogP contribution in [0.15, 0.2) is 47.6 Å². The van der Waals surface area contributed by atoms with Gasteiger partial charge in [-0.1, -0.05) is 24.3 Å². The fraction of sp³-hybridized carbons (Fsp3) is 0.167. The molecule has 3 aromatic rings. The van der Waals surface area contributed by atoms with Crippen LogP contribution >= 0.6 is 0 Å². The van der Waals surface area contributed by atoms with Gasteiger partial charge in [0.15, 0.2) is 5.82 Å². The number of hydrazone groups is 1. The Morgan fingerprint density at radius 2 is 1.89 bits per heavy atom. The van der Waals surface area contributed by atoms with E-state index in [9.17, 15) is 23.3 Å². The Labute approximate surface area is 157 Å². The lowest BCUT2D eigenvalue weighted by atomic mass is 10.1. The first-order valence-electron chi connectivity index (χ1n) is 8.06. The number of anilines is 1. The molecule has 0 aliphatic carbocycles. The number of alkyl halides is 3. The van der Waals surface area contributed by atoms with Crippen molar-refractivity contribution in [2.45, 2.75) is 20.0 Å². The van der Waals surface area contributed by atoms with Crippen LogP contribution in [-0.2, 0) is 6.18 Å². The topological polar surface area (TPSA) is 93.3 Å². The summed E-state index contributed by atoms with van der Waals surface area (Å²) < 4.78 is 39.2. The summed E-state index contributed by atoms with van der Waals surface area (Å²) in [5, 5.41) is 15.5. The number of aromatic nitrogens is 2. The fourth-order valence-electron chi connectivity index (χ4n) is 2.52. The number of hydrogen-bond acceptors (Lipinski definition) is 6. The predicted octanol–water partition coefficient (Wildman–Crippen LogP) is 4.70. The Morgan fingerprint density at radius 3 is 2.57 bits per heavy atom. The number of para-hydroxylation sites is 1. The lowest BCUT2D eigenvalue weighted by molar-refractivity contribution is -0.385. The first-order valence-corrected chi connectivity index (χ1v) is 8.06. The number of rotatable bonds is 4. The standard InChI is InChI=1S/C18H14F3N5O2/c1-10-7-8-12(9-15(10)26(27)28)11(2)24-25-16-13-5-3-4-6-14(13)22-17(23-16)18(19,20)21/h3-9H,1-2H3,(H,22,23,25)/b24-11-. The van der Waals surface area contributed by atoms with Crippen molar-refractivity contribution >= 4 is 28.1 Å². The number of hydrogen-bond donors (Lipinski definition) is 1. The average Bonchev–Trinajstić information content (AvgIpc) is 2.65. The Kier molecular flexibility index (Phi) is 4.95. The van der Waals surface area contributed by atoms with Crippen molar-refractivity contribution in [3.05, 3.63) is 69.5 Å². The molecule has 0 spiro atoms. The Bertz CT molecular complexity index is 1100. The van der Waals surface area contributed by atoms with E-state index < -0.39 is 16.9 Å². The molecule has 0 saturated carbocycles. The molecule has 0 amide bonds. The van der Waals surface area contributed by atoms with Crippen LogP contribution in [0.2, 0.25) is 0 Å². The van der Waals surface area contributed by atoms with Gasteiger partial charge in [-0.25, -0.2) is 9.97 Å². The lowest BCUT2D eigenvalue weighted by Crippen LogP contribution is -2.13. The van der Waals surface area contributed by atoms with Crippen LogP contribution in [0.3, 0.4) is 0 Å². The molecule has 1 N–H and O–H groups in total. The highest BCUT2D eigenvalue weighted by Crippen LogP contribution is 2.30. The Balaban J connectivity index is 2.01. The minimum absolute atomic E-state index is 0.0705. The third-order valence-electron chi connectivity index (χ3n) is 4.01. The molecule has 1 aromatic heterocycles. The number of benzene rings is 2. The maximum atomic E-state index is 13.1. The first kappa shape index (κ1) is 19.2. The normalized spacial score (nSPS) is 12.2. The van der Waals surface area contributed by atoms with Gasteiger partial charge in [-0.2, -0.15) is 18.3 Å². The highest BCUT2D eigenvalue weighted by molar-refractivity contribution is 6.00. The predicted molar refractivity (Wildman–Crippen MR) is 98.2 cm³/mol. The van der Waals surface area contributed by atoms with Crippen LogP contribution in [0, 0.1) is 17.0 Å². The Hall–Kier alpha value is -3.56. The summed E-state index contributed by atoms with van der Waals surface area (Å²) in [6.45, 7) is 3.19.